The Bertz CT molecular complexity index is 1150. The van der Waals surface area contributed by atoms with Gasteiger partial charge in [-0.05, 0) is 70.8 Å². The van der Waals surface area contributed by atoms with E-state index >= 15 is 0 Å². The van der Waals surface area contributed by atoms with E-state index in [1.54, 1.807) is 6.07 Å². The quantitative estimate of drug-likeness (QED) is 0.439. The molecule has 3 aromatic carbocycles. The Kier molecular flexibility index (Phi) is 3.46. The minimum atomic E-state index is 0.311. The minimum Gasteiger partial charge on any atom is -0.508 e. The summed E-state index contributed by atoms with van der Waals surface area (Å²) in [5.41, 5.74) is 5.97. The number of phenolic OH excluding ortho intramolecular Hbond substituents is 1. The minimum absolute atomic E-state index is 0.311. The van der Waals surface area contributed by atoms with Crippen LogP contribution in [-0.4, -0.2) is 10.1 Å². The van der Waals surface area contributed by atoms with Gasteiger partial charge in [-0.1, -0.05) is 49.4 Å². The van der Waals surface area contributed by atoms with E-state index < -0.39 is 0 Å². The molecule has 1 aliphatic rings. The third kappa shape index (κ3) is 2.37. The SMILES string of the molecule is CC1CCc2c(nc3ccc4ccccc4c3c2-c2cccc(O)c2)C1. The zero-order chi connectivity index (χ0) is 17.7. The first-order valence-electron chi connectivity index (χ1n) is 9.33. The van der Waals surface area contributed by atoms with E-state index in [-0.39, 0.29) is 0 Å². The van der Waals surface area contributed by atoms with E-state index in [1.807, 2.05) is 12.1 Å². The van der Waals surface area contributed by atoms with Crippen LogP contribution in [0.2, 0.25) is 0 Å². The van der Waals surface area contributed by atoms with E-state index in [4.69, 9.17) is 4.98 Å². The van der Waals surface area contributed by atoms with Crippen molar-refractivity contribution in [3.8, 4) is 16.9 Å². The lowest BCUT2D eigenvalue weighted by Crippen LogP contribution is -2.14. The molecule has 4 aromatic rings. The highest BCUT2D eigenvalue weighted by Crippen LogP contribution is 2.41. The van der Waals surface area contributed by atoms with Crippen molar-refractivity contribution >= 4 is 21.7 Å². The van der Waals surface area contributed by atoms with Crippen LogP contribution in [-0.2, 0) is 12.8 Å². The normalized spacial score (nSPS) is 16.7. The molecule has 26 heavy (non-hydrogen) atoms. The number of hydrogen-bond donors (Lipinski definition) is 1. The summed E-state index contributed by atoms with van der Waals surface area (Å²) in [6, 6.07) is 20.5. The molecule has 0 bridgehead atoms. The number of aromatic hydroxyl groups is 1. The predicted molar refractivity (Wildman–Crippen MR) is 108 cm³/mol. The number of rotatable bonds is 1. The molecular weight excluding hydrogens is 318 g/mol. The molecule has 0 amide bonds. The molecule has 1 N–H and O–H groups in total. The van der Waals surface area contributed by atoms with Crippen molar-refractivity contribution in [1.82, 2.24) is 4.98 Å². The zero-order valence-electron chi connectivity index (χ0n) is 14.9. The summed E-state index contributed by atoms with van der Waals surface area (Å²) in [6.07, 6.45) is 3.27. The molecule has 5 rings (SSSR count). The molecule has 1 aliphatic carbocycles. The molecule has 1 atom stereocenters. The van der Waals surface area contributed by atoms with Crippen LogP contribution < -0.4 is 0 Å². The summed E-state index contributed by atoms with van der Waals surface area (Å²) in [4.78, 5) is 5.06. The van der Waals surface area contributed by atoms with Crippen molar-refractivity contribution in [3.05, 3.63) is 71.9 Å². The van der Waals surface area contributed by atoms with Gasteiger partial charge in [0, 0.05) is 11.1 Å². The average Bonchev–Trinajstić information content (AvgIpc) is 2.66. The van der Waals surface area contributed by atoms with Gasteiger partial charge in [0.1, 0.15) is 5.75 Å². The number of pyridine rings is 1. The molecule has 0 radical (unpaired) electrons. The largest absolute Gasteiger partial charge is 0.508 e. The third-order valence-electron chi connectivity index (χ3n) is 5.63. The second-order valence-electron chi connectivity index (χ2n) is 7.49. The number of fused-ring (bicyclic) bond motifs is 4. The van der Waals surface area contributed by atoms with Crippen LogP contribution >= 0.6 is 0 Å². The van der Waals surface area contributed by atoms with Gasteiger partial charge in [-0.25, -0.2) is 0 Å². The van der Waals surface area contributed by atoms with Crippen LogP contribution in [0.5, 0.6) is 5.75 Å². The van der Waals surface area contributed by atoms with Crippen molar-refractivity contribution in [2.75, 3.05) is 0 Å². The number of nitrogens with zero attached hydrogens (tertiary/aromatic N) is 1. The summed E-state index contributed by atoms with van der Waals surface area (Å²) in [5.74, 6) is 0.982. The van der Waals surface area contributed by atoms with Crippen molar-refractivity contribution < 1.29 is 5.11 Å². The molecule has 0 spiro atoms. The second-order valence-corrected chi connectivity index (χ2v) is 7.49. The number of benzene rings is 3. The molecule has 1 unspecified atom stereocenters. The second kappa shape index (κ2) is 5.84. The Hall–Kier alpha value is -2.87. The molecule has 1 aromatic heterocycles. The van der Waals surface area contributed by atoms with Gasteiger partial charge < -0.3 is 5.11 Å². The molecule has 1 heterocycles. The van der Waals surface area contributed by atoms with Crippen LogP contribution in [0.3, 0.4) is 0 Å². The summed E-state index contributed by atoms with van der Waals surface area (Å²) in [7, 11) is 0. The van der Waals surface area contributed by atoms with E-state index in [9.17, 15) is 5.11 Å². The van der Waals surface area contributed by atoms with E-state index in [1.165, 1.54) is 39.4 Å². The molecule has 0 fully saturated rings. The van der Waals surface area contributed by atoms with Gasteiger partial charge in [0.05, 0.1) is 5.52 Å². The van der Waals surface area contributed by atoms with Crippen LogP contribution in [0.25, 0.3) is 32.8 Å². The highest BCUT2D eigenvalue weighted by molar-refractivity contribution is 6.14. The third-order valence-corrected chi connectivity index (χ3v) is 5.63. The standard InChI is InChI=1S/C24H21NO/c1-15-9-11-20-22(13-15)25-21-12-10-16-5-2-3-8-19(16)24(21)23(20)17-6-4-7-18(26)14-17/h2-8,10,12,14-15,26H,9,11,13H2,1H3. The Morgan fingerprint density at radius 3 is 2.77 bits per heavy atom. The monoisotopic (exact) mass is 339 g/mol. The van der Waals surface area contributed by atoms with Crippen LogP contribution in [0.1, 0.15) is 24.6 Å². The number of aromatic nitrogens is 1. The van der Waals surface area contributed by atoms with Crippen molar-refractivity contribution in [2.45, 2.75) is 26.2 Å². The van der Waals surface area contributed by atoms with Crippen molar-refractivity contribution in [1.29, 1.82) is 0 Å². The topological polar surface area (TPSA) is 33.1 Å². The fourth-order valence-corrected chi connectivity index (χ4v) is 4.36. The Morgan fingerprint density at radius 1 is 1.00 bits per heavy atom. The van der Waals surface area contributed by atoms with Gasteiger partial charge in [-0.3, -0.25) is 4.98 Å². The summed E-state index contributed by atoms with van der Waals surface area (Å²) >= 11 is 0. The Morgan fingerprint density at radius 2 is 1.88 bits per heavy atom. The van der Waals surface area contributed by atoms with Gasteiger partial charge in [-0.2, -0.15) is 0 Å². The summed E-state index contributed by atoms with van der Waals surface area (Å²) < 4.78 is 0. The van der Waals surface area contributed by atoms with Crippen LogP contribution in [0.15, 0.2) is 60.7 Å². The number of hydrogen-bond acceptors (Lipinski definition) is 2. The summed E-state index contributed by atoms with van der Waals surface area (Å²) in [6.45, 7) is 2.31. The van der Waals surface area contributed by atoms with E-state index in [0.717, 1.165) is 23.9 Å². The molecule has 0 saturated carbocycles. The molecule has 0 saturated heterocycles. The van der Waals surface area contributed by atoms with Gasteiger partial charge in [0.2, 0.25) is 0 Å². The Balaban J connectivity index is 1.96. The van der Waals surface area contributed by atoms with E-state index in [2.05, 4.69) is 49.4 Å². The molecule has 0 aliphatic heterocycles. The van der Waals surface area contributed by atoms with Gasteiger partial charge in [0.15, 0.2) is 0 Å². The molecule has 128 valence electrons. The molecular formula is C24H21NO. The molecule has 2 nitrogen and oxygen atoms in total. The summed E-state index contributed by atoms with van der Waals surface area (Å²) in [5, 5.41) is 13.8. The first-order chi connectivity index (χ1) is 12.7. The maximum atomic E-state index is 10.1. The van der Waals surface area contributed by atoms with Crippen molar-refractivity contribution in [3.63, 3.8) is 0 Å². The highest BCUT2D eigenvalue weighted by Gasteiger charge is 2.23. The maximum Gasteiger partial charge on any atom is 0.116 e. The van der Waals surface area contributed by atoms with Crippen molar-refractivity contribution in [2.24, 2.45) is 5.92 Å². The highest BCUT2D eigenvalue weighted by atomic mass is 16.3. The zero-order valence-corrected chi connectivity index (χ0v) is 14.9. The van der Waals surface area contributed by atoms with Crippen LogP contribution in [0, 0.1) is 5.92 Å². The van der Waals surface area contributed by atoms with E-state index in [0.29, 0.717) is 11.7 Å². The molecule has 2 heteroatoms. The average molecular weight is 339 g/mol. The smallest absolute Gasteiger partial charge is 0.116 e. The Labute approximate surface area is 153 Å². The fourth-order valence-electron chi connectivity index (χ4n) is 4.36. The van der Waals surface area contributed by atoms with Gasteiger partial charge in [-0.15, -0.1) is 0 Å². The van der Waals surface area contributed by atoms with Crippen LogP contribution in [0.4, 0.5) is 0 Å². The lowest BCUT2D eigenvalue weighted by molar-refractivity contribution is 0.475. The fraction of sp³-hybridized carbons (Fsp3) is 0.208. The first kappa shape index (κ1) is 15.4. The van der Waals surface area contributed by atoms with Gasteiger partial charge in [0.25, 0.3) is 0 Å². The van der Waals surface area contributed by atoms with Gasteiger partial charge >= 0.3 is 0 Å². The lowest BCUT2D eigenvalue weighted by atomic mass is 9.82. The number of phenols is 1. The first-order valence-corrected chi connectivity index (χ1v) is 9.33. The maximum absolute atomic E-state index is 10.1. The predicted octanol–water partition coefficient (Wildman–Crippen LogP) is 5.89. The lowest BCUT2D eigenvalue weighted by Gasteiger charge is -2.25.